The summed E-state index contributed by atoms with van der Waals surface area (Å²) in [6.45, 7) is 8.01. The van der Waals surface area contributed by atoms with Crippen molar-refractivity contribution in [3.8, 4) is 5.75 Å². The number of nitrogens with zero attached hydrogens (tertiary/aromatic N) is 3. The van der Waals surface area contributed by atoms with E-state index < -0.39 is 0 Å². The number of aromatic nitrogens is 1. The Morgan fingerprint density at radius 3 is 2.96 bits per heavy atom. The van der Waals surface area contributed by atoms with Gasteiger partial charge in [-0.05, 0) is 49.1 Å². The Morgan fingerprint density at radius 2 is 2.11 bits per heavy atom. The molecule has 0 N–H and O–H groups in total. The minimum absolute atomic E-state index is 0.403. The Kier molecular flexibility index (Phi) is 5.63. The Bertz CT molecular complexity index is 776. The first-order valence-corrected chi connectivity index (χ1v) is 11.5. The Morgan fingerprint density at radius 1 is 1.18 bits per heavy atom. The maximum Gasteiger partial charge on any atom is 0.119 e. The number of benzene rings is 1. The third-order valence-electron chi connectivity index (χ3n) is 6.31. The molecule has 2 saturated heterocycles. The Labute approximate surface area is 171 Å². The van der Waals surface area contributed by atoms with Crippen molar-refractivity contribution in [3.05, 3.63) is 45.9 Å². The highest BCUT2D eigenvalue weighted by Gasteiger charge is 2.37. The van der Waals surface area contributed by atoms with Gasteiger partial charge in [0.05, 0.1) is 19.8 Å². The summed E-state index contributed by atoms with van der Waals surface area (Å²) in [6.07, 6.45) is 5.55. The molecule has 2 aromatic rings. The molecule has 5 nitrogen and oxygen atoms in total. The monoisotopic (exact) mass is 399 g/mol. The molecule has 3 aliphatic heterocycles. The molecule has 1 aromatic heterocycles. The molecule has 0 spiro atoms. The van der Waals surface area contributed by atoms with Crippen molar-refractivity contribution in [2.24, 2.45) is 0 Å². The summed E-state index contributed by atoms with van der Waals surface area (Å²) in [4.78, 5) is 9.74. The van der Waals surface area contributed by atoms with Gasteiger partial charge in [-0.15, -0.1) is 11.3 Å². The highest BCUT2D eigenvalue weighted by Crippen LogP contribution is 2.45. The lowest BCUT2D eigenvalue weighted by atomic mass is 9.85. The molecule has 0 saturated carbocycles. The largest absolute Gasteiger partial charge is 0.494 e. The maximum atomic E-state index is 6.15. The van der Waals surface area contributed by atoms with Crippen LogP contribution in [0.15, 0.2) is 29.8 Å². The van der Waals surface area contributed by atoms with Crippen molar-refractivity contribution in [1.29, 1.82) is 0 Å². The van der Waals surface area contributed by atoms with Crippen LogP contribution >= 0.6 is 11.3 Å². The molecular weight excluding hydrogens is 370 g/mol. The molecule has 150 valence electrons. The van der Waals surface area contributed by atoms with Crippen molar-refractivity contribution in [2.45, 2.75) is 31.2 Å². The summed E-state index contributed by atoms with van der Waals surface area (Å²) < 4.78 is 11.6. The second-order valence-corrected chi connectivity index (χ2v) is 8.95. The SMILES string of the molecule is c1csc(C2CN3CCCC3c3cc(OCCCN4CCOCC4)ccc32)n1. The molecule has 2 atom stereocenters. The molecule has 3 aliphatic rings. The maximum absolute atomic E-state index is 6.15. The lowest BCUT2D eigenvalue weighted by molar-refractivity contribution is 0.0358. The third kappa shape index (κ3) is 3.83. The van der Waals surface area contributed by atoms with Gasteiger partial charge in [0.1, 0.15) is 10.8 Å². The van der Waals surface area contributed by atoms with Gasteiger partial charge >= 0.3 is 0 Å². The van der Waals surface area contributed by atoms with E-state index in [-0.39, 0.29) is 0 Å². The fourth-order valence-corrected chi connectivity index (χ4v) is 5.65. The number of morpholine rings is 1. The average Bonchev–Trinajstić information content (AvgIpc) is 3.43. The molecule has 1 aromatic carbocycles. The van der Waals surface area contributed by atoms with E-state index in [0.29, 0.717) is 12.0 Å². The summed E-state index contributed by atoms with van der Waals surface area (Å²) in [7, 11) is 0. The van der Waals surface area contributed by atoms with E-state index in [1.54, 1.807) is 11.3 Å². The molecule has 0 bridgehead atoms. The zero-order valence-corrected chi connectivity index (χ0v) is 17.2. The number of thiazole rings is 1. The Balaban J connectivity index is 1.27. The van der Waals surface area contributed by atoms with Gasteiger partial charge < -0.3 is 9.47 Å². The van der Waals surface area contributed by atoms with Crippen LogP contribution in [0.1, 0.15) is 47.4 Å². The van der Waals surface area contributed by atoms with Crippen molar-refractivity contribution < 1.29 is 9.47 Å². The summed E-state index contributed by atoms with van der Waals surface area (Å²) in [5, 5.41) is 3.34. The smallest absolute Gasteiger partial charge is 0.119 e. The zero-order valence-electron chi connectivity index (χ0n) is 16.4. The van der Waals surface area contributed by atoms with E-state index >= 15 is 0 Å². The number of hydrogen-bond donors (Lipinski definition) is 0. The normalized spacial score (nSPS) is 25.4. The number of rotatable bonds is 6. The summed E-state index contributed by atoms with van der Waals surface area (Å²) in [5.74, 6) is 1.42. The van der Waals surface area contributed by atoms with E-state index in [1.807, 2.05) is 6.20 Å². The molecule has 2 fully saturated rings. The van der Waals surface area contributed by atoms with Gasteiger partial charge in [0.15, 0.2) is 0 Å². The summed E-state index contributed by atoms with van der Waals surface area (Å²) >= 11 is 1.78. The molecule has 2 unspecified atom stereocenters. The average molecular weight is 400 g/mol. The molecule has 0 radical (unpaired) electrons. The fraction of sp³-hybridized carbons (Fsp3) is 0.591. The van der Waals surface area contributed by atoms with Crippen LogP contribution in [-0.4, -0.2) is 67.3 Å². The third-order valence-corrected chi connectivity index (χ3v) is 7.20. The zero-order chi connectivity index (χ0) is 18.8. The van der Waals surface area contributed by atoms with Crippen LogP contribution in [-0.2, 0) is 4.74 Å². The van der Waals surface area contributed by atoms with Crippen LogP contribution in [0, 0.1) is 0 Å². The van der Waals surface area contributed by atoms with E-state index in [9.17, 15) is 0 Å². The van der Waals surface area contributed by atoms with Gasteiger partial charge in [0, 0.05) is 49.7 Å². The van der Waals surface area contributed by atoms with Crippen molar-refractivity contribution >= 4 is 11.3 Å². The van der Waals surface area contributed by atoms with Crippen molar-refractivity contribution in [2.75, 3.05) is 52.5 Å². The second-order valence-electron chi connectivity index (χ2n) is 8.02. The van der Waals surface area contributed by atoms with E-state index in [4.69, 9.17) is 9.47 Å². The number of fused-ring (bicyclic) bond motifs is 3. The van der Waals surface area contributed by atoms with Gasteiger partial charge in [-0.1, -0.05) is 6.07 Å². The first-order valence-electron chi connectivity index (χ1n) is 10.6. The Hall–Kier alpha value is -1.47. The predicted molar refractivity (Wildman–Crippen MR) is 111 cm³/mol. The van der Waals surface area contributed by atoms with Crippen molar-refractivity contribution in [3.63, 3.8) is 0 Å². The number of hydrogen-bond acceptors (Lipinski definition) is 6. The highest BCUT2D eigenvalue weighted by molar-refractivity contribution is 7.09. The molecule has 0 amide bonds. The first kappa shape index (κ1) is 18.6. The first-order chi connectivity index (χ1) is 13.9. The van der Waals surface area contributed by atoms with Crippen LogP contribution < -0.4 is 4.74 Å². The van der Waals surface area contributed by atoms with Gasteiger partial charge in [-0.2, -0.15) is 0 Å². The van der Waals surface area contributed by atoms with Gasteiger partial charge in [-0.3, -0.25) is 9.80 Å². The van der Waals surface area contributed by atoms with Gasteiger partial charge in [-0.25, -0.2) is 4.98 Å². The fourth-order valence-electron chi connectivity index (χ4n) is 4.90. The molecule has 6 heteroatoms. The van der Waals surface area contributed by atoms with Gasteiger partial charge in [0.25, 0.3) is 0 Å². The van der Waals surface area contributed by atoms with Gasteiger partial charge in [0.2, 0.25) is 0 Å². The van der Waals surface area contributed by atoms with Crippen LogP contribution in [0.2, 0.25) is 0 Å². The predicted octanol–water partition coefficient (Wildman–Crippen LogP) is 3.53. The lowest BCUT2D eigenvalue weighted by Crippen LogP contribution is -2.37. The standard InChI is InChI=1S/C22H29N3O2S/c1-3-21-19-15-17(27-11-2-7-24-9-12-26-13-10-24)4-5-18(19)20(16-25(21)8-1)22-23-6-14-28-22/h4-6,14-15,20-21H,1-3,7-13,16H2. The van der Waals surface area contributed by atoms with E-state index in [0.717, 1.165) is 58.2 Å². The minimum atomic E-state index is 0.403. The molecule has 28 heavy (non-hydrogen) atoms. The van der Waals surface area contributed by atoms with Crippen molar-refractivity contribution in [1.82, 2.24) is 14.8 Å². The highest BCUT2D eigenvalue weighted by atomic mass is 32.1. The van der Waals surface area contributed by atoms with Crippen LogP contribution in [0.4, 0.5) is 0 Å². The molecular formula is C22H29N3O2S. The van der Waals surface area contributed by atoms with E-state index in [1.165, 1.54) is 35.5 Å². The topological polar surface area (TPSA) is 37.8 Å². The second kappa shape index (κ2) is 8.49. The van der Waals surface area contributed by atoms with E-state index in [2.05, 4.69) is 38.4 Å². The van der Waals surface area contributed by atoms with Crippen LogP contribution in [0.3, 0.4) is 0 Å². The summed E-state index contributed by atoms with van der Waals surface area (Å²) in [6, 6.07) is 7.34. The lowest BCUT2D eigenvalue weighted by Gasteiger charge is -2.36. The number of ether oxygens (including phenoxy) is 2. The summed E-state index contributed by atoms with van der Waals surface area (Å²) in [5.41, 5.74) is 2.92. The molecule has 4 heterocycles. The quantitative estimate of drug-likeness (QED) is 0.695. The molecule has 0 aliphatic carbocycles. The minimum Gasteiger partial charge on any atom is -0.494 e. The van der Waals surface area contributed by atoms with Crippen LogP contribution in [0.25, 0.3) is 0 Å². The molecule has 5 rings (SSSR count). The van der Waals surface area contributed by atoms with Crippen LogP contribution in [0.5, 0.6) is 5.75 Å².